The summed E-state index contributed by atoms with van der Waals surface area (Å²) in [6, 6.07) is 15.8. The molecule has 2 heterocycles. The van der Waals surface area contributed by atoms with Gasteiger partial charge in [-0.1, -0.05) is 29.3 Å². The first-order chi connectivity index (χ1) is 16.6. The molecule has 1 saturated heterocycles. The molecule has 4 rings (SSSR count). The molecular weight excluding hydrogens is 450 g/mol. The number of aromatic nitrogens is 2. The molecule has 1 fully saturated rings. The second-order valence-electron chi connectivity index (χ2n) is 8.23. The molecule has 0 saturated carbocycles. The van der Waals surface area contributed by atoms with Crippen LogP contribution in [0, 0.1) is 18.3 Å². The molecule has 2 aromatic carbocycles. The van der Waals surface area contributed by atoms with Crippen molar-refractivity contribution in [2.24, 2.45) is 0 Å². The second-order valence-corrected chi connectivity index (χ2v) is 8.64. The van der Waals surface area contributed by atoms with Gasteiger partial charge in [0.2, 0.25) is 5.95 Å². The van der Waals surface area contributed by atoms with Gasteiger partial charge in [0, 0.05) is 50.3 Å². The highest BCUT2D eigenvalue weighted by Gasteiger charge is 2.18. The molecule has 8 nitrogen and oxygen atoms in total. The Morgan fingerprint density at radius 2 is 1.91 bits per heavy atom. The number of hydrogen-bond acceptors (Lipinski definition) is 8. The Morgan fingerprint density at radius 1 is 1.09 bits per heavy atom. The zero-order chi connectivity index (χ0) is 23.9. The molecule has 3 aromatic rings. The van der Waals surface area contributed by atoms with E-state index < -0.39 is 0 Å². The predicted molar refractivity (Wildman–Crippen MR) is 136 cm³/mol. The molecule has 34 heavy (non-hydrogen) atoms. The largest absolute Gasteiger partial charge is 0.395 e. The minimum Gasteiger partial charge on any atom is -0.395 e. The van der Waals surface area contributed by atoms with Gasteiger partial charge in [-0.25, -0.2) is 4.98 Å². The summed E-state index contributed by atoms with van der Waals surface area (Å²) in [5, 5.41) is 25.4. The fourth-order valence-corrected chi connectivity index (χ4v) is 4.33. The molecule has 0 unspecified atom stereocenters. The Morgan fingerprint density at radius 3 is 2.65 bits per heavy atom. The number of halogens is 1. The Labute approximate surface area is 204 Å². The summed E-state index contributed by atoms with van der Waals surface area (Å²) < 4.78 is 0. The smallest absolute Gasteiger partial charge is 0.229 e. The molecule has 0 atom stereocenters. The van der Waals surface area contributed by atoms with E-state index in [2.05, 4.69) is 36.5 Å². The van der Waals surface area contributed by atoms with Crippen molar-refractivity contribution in [3.63, 3.8) is 0 Å². The number of aryl methyl sites for hydroxylation is 1. The Hall–Kier alpha value is -3.38. The maximum Gasteiger partial charge on any atom is 0.229 e. The lowest BCUT2D eigenvalue weighted by molar-refractivity contribution is 0.189. The van der Waals surface area contributed by atoms with E-state index in [9.17, 15) is 0 Å². The van der Waals surface area contributed by atoms with Crippen LogP contribution in [0.4, 0.5) is 28.8 Å². The molecule has 0 bridgehead atoms. The van der Waals surface area contributed by atoms with Crippen LogP contribution in [0.1, 0.15) is 11.1 Å². The maximum atomic E-state index is 9.13. The van der Waals surface area contributed by atoms with Gasteiger partial charge in [-0.2, -0.15) is 10.2 Å². The van der Waals surface area contributed by atoms with Crippen molar-refractivity contribution in [2.45, 2.75) is 13.3 Å². The molecule has 0 amide bonds. The predicted octanol–water partition coefficient (Wildman–Crippen LogP) is 4.11. The average Bonchev–Trinajstić information content (AvgIpc) is 2.82. The third-order valence-electron chi connectivity index (χ3n) is 5.78. The highest BCUT2D eigenvalue weighted by molar-refractivity contribution is 6.33. The molecule has 0 radical (unpaired) electrons. The summed E-state index contributed by atoms with van der Waals surface area (Å²) in [6.07, 6.45) is 2.00. The zero-order valence-electron chi connectivity index (χ0n) is 19.1. The monoisotopic (exact) mass is 477 g/mol. The van der Waals surface area contributed by atoms with Crippen LogP contribution in [0.5, 0.6) is 0 Å². The van der Waals surface area contributed by atoms with Crippen LogP contribution in [0.3, 0.4) is 0 Å². The number of piperazine rings is 1. The number of hydrogen-bond donors (Lipinski definition) is 3. The number of nitrogens with zero attached hydrogens (tertiary/aromatic N) is 5. The van der Waals surface area contributed by atoms with E-state index in [-0.39, 0.29) is 6.61 Å². The average molecular weight is 478 g/mol. The van der Waals surface area contributed by atoms with E-state index in [0.717, 1.165) is 54.4 Å². The highest BCUT2D eigenvalue weighted by atomic mass is 35.5. The normalized spacial score (nSPS) is 14.0. The van der Waals surface area contributed by atoms with E-state index in [4.69, 9.17) is 22.0 Å². The first kappa shape index (κ1) is 23.8. The first-order valence-electron chi connectivity index (χ1n) is 11.3. The molecule has 9 heteroatoms. The lowest BCUT2D eigenvalue weighted by Crippen LogP contribution is -2.47. The summed E-state index contributed by atoms with van der Waals surface area (Å²) in [6.45, 7) is 6.45. The maximum absolute atomic E-state index is 9.13. The third-order valence-corrected chi connectivity index (χ3v) is 6.08. The van der Waals surface area contributed by atoms with E-state index in [1.165, 1.54) is 0 Å². The number of rotatable bonds is 8. The standard InChI is InChI=1S/C25H28ClN7O/c1-18-2-4-22(19(16-18)6-8-27)30-24-7-9-28-25(31-24)29-20-3-5-23(21(26)17-20)33-12-10-32(11-13-33)14-15-34/h2-5,7,9,16-17,34H,6,10-15H2,1H3,(H2,28,29,30,31). The molecule has 1 aromatic heterocycles. The van der Waals surface area contributed by atoms with Crippen LogP contribution in [0.25, 0.3) is 0 Å². The number of benzene rings is 2. The van der Waals surface area contributed by atoms with Crippen LogP contribution < -0.4 is 15.5 Å². The van der Waals surface area contributed by atoms with E-state index in [1.54, 1.807) is 12.3 Å². The van der Waals surface area contributed by atoms with Crippen molar-refractivity contribution in [1.82, 2.24) is 14.9 Å². The number of aliphatic hydroxyl groups is 1. The van der Waals surface area contributed by atoms with Crippen molar-refractivity contribution in [3.05, 3.63) is 64.8 Å². The van der Waals surface area contributed by atoms with Crippen molar-refractivity contribution in [3.8, 4) is 6.07 Å². The van der Waals surface area contributed by atoms with Crippen LogP contribution in [-0.2, 0) is 6.42 Å². The fraction of sp³-hybridized carbons (Fsp3) is 0.320. The number of anilines is 5. The van der Waals surface area contributed by atoms with Gasteiger partial charge in [0.25, 0.3) is 0 Å². The summed E-state index contributed by atoms with van der Waals surface area (Å²) in [5.41, 5.74) is 4.67. The summed E-state index contributed by atoms with van der Waals surface area (Å²) in [7, 11) is 0. The molecule has 3 N–H and O–H groups in total. The molecule has 176 valence electrons. The number of aliphatic hydroxyl groups excluding tert-OH is 1. The van der Waals surface area contributed by atoms with Crippen molar-refractivity contribution in [2.75, 3.05) is 54.9 Å². The van der Waals surface area contributed by atoms with Crippen molar-refractivity contribution < 1.29 is 5.11 Å². The fourth-order valence-electron chi connectivity index (χ4n) is 4.03. The minimum atomic E-state index is 0.186. The molecule has 0 aliphatic carbocycles. The molecule has 1 aliphatic rings. The lowest BCUT2D eigenvalue weighted by atomic mass is 10.1. The zero-order valence-corrected chi connectivity index (χ0v) is 19.9. The van der Waals surface area contributed by atoms with Crippen molar-refractivity contribution in [1.29, 1.82) is 5.26 Å². The number of β-amino-alcohol motifs (C(OH)–C–C–N with tert-alkyl or cyclic N) is 1. The number of nitriles is 1. The number of nitrogens with one attached hydrogen (secondary N) is 2. The van der Waals surface area contributed by atoms with Gasteiger partial charge in [0.05, 0.1) is 29.8 Å². The quantitative estimate of drug-likeness (QED) is 0.445. The van der Waals surface area contributed by atoms with Crippen molar-refractivity contribution >= 4 is 40.4 Å². The lowest BCUT2D eigenvalue weighted by Gasteiger charge is -2.36. The summed E-state index contributed by atoms with van der Waals surface area (Å²) in [5.74, 6) is 1.07. The highest BCUT2D eigenvalue weighted by Crippen LogP contribution is 2.31. The van der Waals surface area contributed by atoms with E-state index in [1.807, 2.05) is 43.3 Å². The topological polar surface area (TPSA) is 100 Å². The van der Waals surface area contributed by atoms with Crippen LogP contribution in [-0.4, -0.2) is 59.3 Å². The van der Waals surface area contributed by atoms with Crippen LogP contribution in [0.15, 0.2) is 48.7 Å². The Bertz CT molecular complexity index is 1170. The van der Waals surface area contributed by atoms with Crippen LogP contribution >= 0.6 is 11.6 Å². The van der Waals surface area contributed by atoms with Crippen LogP contribution in [0.2, 0.25) is 5.02 Å². The van der Waals surface area contributed by atoms with Gasteiger partial charge in [-0.15, -0.1) is 0 Å². The van der Waals surface area contributed by atoms with Gasteiger partial charge in [-0.3, -0.25) is 4.90 Å². The van der Waals surface area contributed by atoms with Gasteiger partial charge in [-0.05, 0) is 42.8 Å². The molecular formula is C25H28ClN7O. The molecule has 0 spiro atoms. The van der Waals surface area contributed by atoms with Gasteiger partial charge >= 0.3 is 0 Å². The Balaban J connectivity index is 1.44. The SMILES string of the molecule is Cc1ccc(Nc2ccnc(Nc3ccc(N4CCN(CCO)CC4)c(Cl)c3)n2)c(CC#N)c1. The van der Waals surface area contributed by atoms with Gasteiger partial charge in [0.15, 0.2) is 0 Å². The van der Waals surface area contributed by atoms with Gasteiger partial charge < -0.3 is 20.6 Å². The van der Waals surface area contributed by atoms with E-state index >= 15 is 0 Å². The third kappa shape index (κ3) is 5.94. The summed E-state index contributed by atoms with van der Waals surface area (Å²) in [4.78, 5) is 13.4. The summed E-state index contributed by atoms with van der Waals surface area (Å²) >= 11 is 6.61. The van der Waals surface area contributed by atoms with E-state index in [0.29, 0.717) is 29.8 Å². The second kappa shape index (κ2) is 11.2. The first-order valence-corrected chi connectivity index (χ1v) is 11.6. The minimum absolute atomic E-state index is 0.186. The van der Waals surface area contributed by atoms with Gasteiger partial charge in [0.1, 0.15) is 5.82 Å². The molecule has 1 aliphatic heterocycles. The Kier molecular flexibility index (Phi) is 7.80.